The van der Waals surface area contributed by atoms with E-state index in [0.717, 1.165) is 51.4 Å². The lowest BCUT2D eigenvalue weighted by Crippen LogP contribution is -2.37. The quantitative estimate of drug-likeness (QED) is 0.0212. The van der Waals surface area contributed by atoms with Crippen molar-refractivity contribution in [1.82, 2.24) is 0 Å². The molecule has 1 N–H and O–H groups in total. The van der Waals surface area contributed by atoms with Gasteiger partial charge in [0.2, 0.25) is 0 Å². The van der Waals surface area contributed by atoms with Crippen molar-refractivity contribution >= 4 is 19.8 Å². The molecule has 348 valence electrons. The number of esters is 2. The second-order valence-electron chi connectivity index (χ2n) is 17.1. The summed E-state index contributed by atoms with van der Waals surface area (Å²) in [7, 11) is 1.44. The van der Waals surface area contributed by atoms with Crippen molar-refractivity contribution in [3.63, 3.8) is 0 Å². The Morgan fingerprint density at radius 2 is 0.950 bits per heavy atom. The van der Waals surface area contributed by atoms with Gasteiger partial charge in [-0.1, -0.05) is 190 Å². The number of unbranched alkanes of at least 4 members (excludes halogenated alkanes) is 19. The van der Waals surface area contributed by atoms with Gasteiger partial charge in [0.15, 0.2) is 6.10 Å². The van der Waals surface area contributed by atoms with Gasteiger partial charge in [-0.05, 0) is 51.4 Å². The largest absolute Gasteiger partial charge is 0.472 e. The molecule has 0 saturated heterocycles. The highest BCUT2D eigenvalue weighted by Crippen LogP contribution is 2.43. The van der Waals surface area contributed by atoms with Gasteiger partial charge < -0.3 is 18.9 Å². The molecule has 60 heavy (non-hydrogen) atoms. The van der Waals surface area contributed by atoms with Gasteiger partial charge in [-0.2, -0.15) is 0 Å². The standard InChI is InChI=1S/C50H90NO8P/c1-6-8-10-12-14-16-18-20-22-24-25-27-28-30-32-34-36-38-40-42-49(52)56-46-48(47-58-60(54,55)57-45-44-51(3,4)5)59-50(53)43-41-39-37-35-33-31-29-26-23-21-19-17-15-13-11-9-7-2/h9,11,15,17,21,23,29,31,35,37,48H,6-8,10,12-14,16,18-20,22,24-28,30,32-34,36,38-47H2,1-5H3/p+1/b11-9+,17-15+,23-21+,31-29+,37-35+/t48-/m1/s1. The van der Waals surface area contributed by atoms with Gasteiger partial charge in [0.1, 0.15) is 19.8 Å². The van der Waals surface area contributed by atoms with Gasteiger partial charge >= 0.3 is 19.8 Å². The molecule has 1 unspecified atom stereocenters. The van der Waals surface area contributed by atoms with Crippen LogP contribution in [0.25, 0.3) is 0 Å². The first-order valence-electron chi connectivity index (χ1n) is 24.0. The average Bonchev–Trinajstić information content (AvgIpc) is 3.20. The van der Waals surface area contributed by atoms with Crippen LogP contribution >= 0.6 is 7.82 Å². The lowest BCUT2D eigenvalue weighted by molar-refractivity contribution is -0.870. The van der Waals surface area contributed by atoms with Crippen LogP contribution in [0.5, 0.6) is 0 Å². The first-order chi connectivity index (χ1) is 29.0. The van der Waals surface area contributed by atoms with E-state index in [0.29, 0.717) is 23.9 Å². The minimum Gasteiger partial charge on any atom is -0.462 e. The molecule has 0 aliphatic carbocycles. The molecule has 0 aromatic carbocycles. The van der Waals surface area contributed by atoms with E-state index in [2.05, 4.69) is 68.5 Å². The van der Waals surface area contributed by atoms with E-state index in [9.17, 15) is 19.0 Å². The Morgan fingerprint density at radius 3 is 1.40 bits per heavy atom. The van der Waals surface area contributed by atoms with Crippen LogP contribution in [-0.4, -0.2) is 74.9 Å². The Hall–Kier alpha value is -2.29. The maximum atomic E-state index is 12.7. The van der Waals surface area contributed by atoms with E-state index >= 15 is 0 Å². The van der Waals surface area contributed by atoms with Crippen molar-refractivity contribution < 1.29 is 42.1 Å². The topological polar surface area (TPSA) is 108 Å². The molecule has 0 amide bonds. The Labute approximate surface area is 368 Å². The fourth-order valence-electron chi connectivity index (χ4n) is 6.34. The second-order valence-corrected chi connectivity index (χ2v) is 18.6. The van der Waals surface area contributed by atoms with E-state index < -0.39 is 26.5 Å². The van der Waals surface area contributed by atoms with Crippen LogP contribution in [0.1, 0.15) is 194 Å². The van der Waals surface area contributed by atoms with Crippen molar-refractivity contribution in [3.8, 4) is 0 Å². The molecular weight excluding hydrogens is 774 g/mol. The number of rotatable bonds is 43. The molecule has 0 radical (unpaired) electrons. The van der Waals surface area contributed by atoms with E-state index in [1.54, 1.807) is 0 Å². The second kappa shape index (κ2) is 42.0. The summed E-state index contributed by atoms with van der Waals surface area (Å²) < 4.78 is 34.3. The Balaban J connectivity index is 4.36. The monoisotopic (exact) mass is 865 g/mol. The number of carbonyl (C=O) groups is 2. The van der Waals surface area contributed by atoms with Crippen LogP contribution in [0.4, 0.5) is 0 Å². The highest BCUT2D eigenvalue weighted by atomic mass is 31.2. The van der Waals surface area contributed by atoms with Gasteiger partial charge in [0, 0.05) is 12.8 Å². The van der Waals surface area contributed by atoms with Crippen LogP contribution in [0.3, 0.4) is 0 Å². The van der Waals surface area contributed by atoms with Crippen molar-refractivity contribution in [3.05, 3.63) is 60.8 Å². The number of phosphoric ester groups is 1. The zero-order chi connectivity index (χ0) is 44.3. The summed E-state index contributed by atoms with van der Waals surface area (Å²) in [5.41, 5.74) is 0. The highest BCUT2D eigenvalue weighted by Gasteiger charge is 2.27. The summed E-state index contributed by atoms with van der Waals surface area (Å²) in [5.74, 6) is -0.864. The van der Waals surface area contributed by atoms with Crippen molar-refractivity contribution in [1.29, 1.82) is 0 Å². The van der Waals surface area contributed by atoms with Gasteiger partial charge in [-0.3, -0.25) is 18.6 Å². The van der Waals surface area contributed by atoms with E-state index in [1.807, 2.05) is 27.2 Å². The maximum Gasteiger partial charge on any atom is 0.472 e. The minimum absolute atomic E-state index is 0.0198. The fraction of sp³-hybridized carbons (Fsp3) is 0.760. The van der Waals surface area contributed by atoms with Gasteiger partial charge in [0.25, 0.3) is 0 Å². The molecule has 0 aromatic rings. The van der Waals surface area contributed by atoms with Crippen molar-refractivity contribution in [2.45, 2.75) is 200 Å². The van der Waals surface area contributed by atoms with Gasteiger partial charge in [0.05, 0.1) is 27.7 Å². The number of nitrogens with zero attached hydrogens (tertiary/aromatic N) is 1. The predicted molar refractivity (Wildman–Crippen MR) is 252 cm³/mol. The zero-order valence-corrected chi connectivity index (χ0v) is 40.1. The lowest BCUT2D eigenvalue weighted by atomic mass is 10.0. The number of hydrogen-bond acceptors (Lipinski definition) is 7. The van der Waals surface area contributed by atoms with E-state index in [1.165, 1.54) is 103 Å². The maximum absolute atomic E-state index is 12.7. The number of hydrogen-bond donors (Lipinski definition) is 1. The molecule has 0 saturated carbocycles. The van der Waals surface area contributed by atoms with Crippen LogP contribution in [-0.2, 0) is 32.7 Å². The minimum atomic E-state index is -4.39. The third kappa shape index (κ3) is 45.2. The predicted octanol–water partition coefficient (Wildman–Crippen LogP) is 14.0. The smallest absolute Gasteiger partial charge is 0.462 e. The molecule has 0 spiro atoms. The van der Waals surface area contributed by atoms with Crippen LogP contribution in [0.15, 0.2) is 60.8 Å². The number of allylic oxidation sites excluding steroid dienone is 10. The SMILES string of the molecule is CC/C=C/C/C=C/C/C=C/C/C=C/C/C=C/CCCC(=O)O[C@H](COC(=O)CCCCCCCCCCCCCCCCCCCCC)COP(=O)(O)OCC[N+](C)(C)C. The normalized spacial score (nSPS) is 14.0. The molecule has 0 rings (SSSR count). The number of quaternary nitrogens is 1. The van der Waals surface area contributed by atoms with Gasteiger partial charge in [-0.15, -0.1) is 0 Å². The van der Waals surface area contributed by atoms with Crippen LogP contribution < -0.4 is 0 Å². The van der Waals surface area contributed by atoms with E-state index in [4.69, 9.17) is 18.5 Å². The number of carbonyl (C=O) groups excluding carboxylic acids is 2. The van der Waals surface area contributed by atoms with Gasteiger partial charge in [-0.25, -0.2) is 4.57 Å². The first-order valence-corrected chi connectivity index (χ1v) is 25.5. The number of ether oxygens (including phenoxy) is 2. The van der Waals surface area contributed by atoms with E-state index in [-0.39, 0.29) is 32.0 Å². The summed E-state index contributed by atoms with van der Waals surface area (Å²) in [4.78, 5) is 35.4. The molecule has 0 aromatic heterocycles. The zero-order valence-electron chi connectivity index (χ0n) is 39.2. The average molecular weight is 865 g/mol. The summed E-state index contributed by atoms with van der Waals surface area (Å²) in [6.07, 6.45) is 51.4. The lowest BCUT2D eigenvalue weighted by Gasteiger charge is -2.24. The van der Waals surface area contributed by atoms with Crippen LogP contribution in [0.2, 0.25) is 0 Å². The molecular formula is C50H91NO8P+. The fourth-order valence-corrected chi connectivity index (χ4v) is 7.09. The van der Waals surface area contributed by atoms with Crippen molar-refractivity contribution in [2.24, 2.45) is 0 Å². The molecule has 9 nitrogen and oxygen atoms in total. The van der Waals surface area contributed by atoms with Crippen LogP contribution in [0, 0.1) is 0 Å². The number of likely N-dealkylation sites (N-methyl/N-ethyl adjacent to an activating group) is 1. The Kier molecular flexibility index (Phi) is 40.4. The molecule has 0 aliphatic rings. The third-order valence-electron chi connectivity index (χ3n) is 10.1. The molecule has 0 fully saturated rings. The molecule has 2 atom stereocenters. The molecule has 0 aliphatic heterocycles. The Morgan fingerprint density at radius 1 is 0.533 bits per heavy atom. The highest BCUT2D eigenvalue weighted by molar-refractivity contribution is 7.47. The number of phosphoric acid groups is 1. The summed E-state index contributed by atoms with van der Waals surface area (Å²) in [5, 5.41) is 0. The summed E-state index contributed by atoms with van der Waals surface area (Å²) in [6.45, 7) is 4.26. The third-order valence-corrected chi connectivity index (χ3v) is 11.0. The summed E-state index contributed by atoms with van der Waals surface area (Å²) >= 11 is 0. The molecule has 0 bridgehead atoms. The first kappa shape index (κ1) is 57.7. The molecule has 10 heteroatoms. The van der Waals surface area contributed by atoms with Crippen molar-refractivity contribution in [2.75, 3.05) is 47.5 Å². The summed E-state index contributed by atoms with van der Waals surface area (Å²) in [6, 6.07) is 0. The molecule has 0 heterocycles. The Bertz CT molecular complexity index is 1210.